The number of aryl methyl sites for hydroxylation is 4. The van der Waals surface area contributed by atoms with Gasteiger partial charge in [0.15, 0.2) is 10.9 Å². The van der Waals surface area contributed by atoms with E-state index in [1.54, 1.807) is 11.3 Å². The average Bonchev–Trinajstić information content (AvgIpc) is 3.27. The molecule has 4 aromatic rings. The Kier molecular flexibility index (Phi) is 4.36. The Bertz CT molecular complexity index is 1100. The first-order valence-corrected chi connectivity index (χ1v) is 9.72. The van der Waals surface area contributed by atoms with Crippen molar-refractivity contribution in [3.05, 3.63) is 64.0 Å². The van der Waals surface area contributed by atoms with Crippen LogP contribution in [0.4, 0.5) is 10.8 Å². The van der Waals surface area contributed by atoms with Crippen LogP contribution in [-0.2, 0) is 0 Å². The minimum atomic E-state index is 0.799. The van der Waals surface area contributed by atoms with E-state index >= 15 is 0 Å². The Morgan fingerprint density at radius 2 is 1.70 bits per heavy atom. The molecule has 0 amide bonds. The zero-order chi connectivity index (χ0) is 19.1. The highest BCUT2D eigenvalue weighted by Gasteiger charge is 2.16. The lowest BCUT2D eigenvalue weighted by atomic mass is 10.1. The topological polar surface area (TPSA) is 55.9 Å². The van der Waals surface area contributed by atoms with Gasteiger partial charge in [0.1, 0.15) is 5.76 Å². The van der Waals surface area contributed by atoms with Crippen LogP contribution in [0.25, 0.3) is 17.1 Å². The quantitative estimate of drug-likeness (QED) is 0.482. The molecule has 0 aliphatic rings. The summed E-state index contributed by atoms with van der Waals surface area (Å²) >= 11 is 1.61. The van der Waals surface area contributed by atoms with Gasteiger partial charge in [-0.05, 0) is 63.9 Å². The summed E-state index contributed by atoms with van der Waals surface area (Å²) in [6, 6.07) is 10.5. The van der Waals surface area contributed by atoms with Crippen LogP contribution in [0.2, 0.25) is 0 Å². The molecule has 0 aliphatic heterocycles. The molecule has 0 unspecified atom stereocenters. The van der Waals surface area contributed by atoms with E-state index in [-0.39, 0.29) is 0 Å². The molecule has 0 radical (unpaired) electrons. The molecule has 0 saturated heterocycles. The molecule has 1 aromatic carbocycles. The third-order valence-corrected chi connectivity index (χ3v) is 5.29. The molecule has 0 spiro atoms. The Hall–Kier alpha value is -2.86. The third-order valence-electron chi connectivity index (χ3n) is 4.53. The van der Waals surface area contributed by atoms with Gasteiger partial charge in [-0.1, -0.05) is 11.2 Å². The molecule has 0 fully saturated rings. The number of anilines is 2. The summed E-state index contributed by atoms with van der Waals surface area (Å²) in [7, 11) is 0. The van der Waals surface area contributed by atoms with E-state index in [2.05, 4.69) is 72.4 Å². The van der Waals surface area contributed by atoms with Gasteiger partial charge >= 0.3 is 0 Å². The summed E-state index contributed by atoms with van der Waals surface area (Å²) < 4.78 is 7.34. The summed E-state index contributed by atoms with van der Waals surface area (Å²) in [6.07, 6.45) is 0. The van der Waals surface area contributed by atoms with Crippen molar-refractivity contribution in [1.82, 2.24) is 14.7 Å². The number of aromatic nitrogens is 3. The molecular formula is C21H22N4OS. The zero-order valence-corrected chi connectivity index (χ0v) is 16.9. The highest BCUT2D eigenvalue weighted by Crippen LogP contribution is 2.32. The molecule has 5 nitrogen and oxygen atoms in total. The van der Waals surface area contributed by atoms with Crippen LogP contribution >= 0.6 is 11.3 Å². The Labute approximate surface area is 162 Å². The molecule has 0 saturated carbocycles. The predicted molar refractivity (Wildman–Crippen MR) is 110 cm³/mol. The summed E-state index contributed by atoms with van der Waals surface area (Å²) in [5, 5.41) is 10.5. The van der Waals surface area contributed by atoms with Crippen LogP contribution in [0.5, 0.6) is 0 Å². The molecule has 138 valence electrons. The fourth-order valence-electron chi connectivity index (χ4n) is 3.46. The van der Waals surface area contributed by atoms with Crippen LogP contribution in [0.15, 0.2) is 40.2 Å². The van der Waals surface area contributed by atoms with E-state index in [9.17, 15) is 0 Å². The maximum atomic E-state index is 5.24. The number of rotatable bonds is 4. The molecule has 0 atom stereocenters. The maximum absolute atomic E-state index is 5.24. The SMILES string of the molecule is Cc1cc(C)cc(Nc2nc(-c3cc(C)n(-c4cc(C)on4)c3C)cs2)c1. The summed E-state index contributed by atoms with van der Waals surface area (Å²) in [5.74, 6) is 1.60. The van der Waals surface area contributed by atoms with Crippen molar-refractivity contribution in [2.24, 2.45) is 0 Å². The van der Waals surface area contributed by atoms with E-state index in [0.29, 0.717) is 0 Å². The van der Waals surface area contributed by atoms with E-state index in [1.165, 1.54) is 11.1 Å². The molecule has 0 bridgehead atoms. The van der Waals surface area contributed by atoms with Crippen LogP contribution in [-0.4, -0.2) is 14.7 Å². The standard InChI is InChI=1S/C21H22N4OS/c1-12-6-13(2)8-17(7-12)22-21-23-19(11-27-21)18-9-14(3)25(16(18)5)20-10-15(4)26-24-20/h6-11H,1-5H3,(H,22,23). The third kappa shape index (κ3) is 3.40. The molecular weight excluding hydrogens is 356 g/mol. The van der Waals surface area contributed by atoms with Crippen molar-refractivity contribution < 1.29 is 4.52 Å². The van der Waals surface area contributed by atoms with E-state index in [1.807, 2.05) is 13.0 Å². The van der Waals surface area contributed by atoms with E-state index in [4.69, 9.17) is 9.51 Å². The van der Waals surface area contributed by atoms with Crippen molar-refractivity contribution in [2.45, 2.75) is 34.6 Å². The van der Waals surface area contributed by atoms with Gasteiger partial charge in [-0.25, -0.2) is 4.98 Å². The number of hydrogen-bond donors (Lipinski definition) is 1. The second kappa shape index (κ2) is 6.70. The van der Waals surface area contributed by atoms with Gasteiger partial charge in [-0.2, -0.15) is 0 Å². The van der Waals surface area contributed by atoms with Crippen LogP contribution in [0.3, 0.4) is 0 Å². The number of nitrogens with zero attached hydrogens (tertiary/aromatic N) is 3. The zero-order valence-electron chi connectivity index (χ0n) is 16.1. The summed E-state index contributed by atoms with van der Waals surface area (Å²) in [4.78, 5) is 4.80. The number of nitrogens with one attached hydrogen (secondary N) is 1. The molecule has 1 N–H and O–H groups in total. The van der Waals surface area contributed by atoms with Gasteiger partial charge in [0, 0.05) is 34.1 Å². The van der Waals surface area contributed by atoms with E-state index in [0.717, 1.165) is 45.0 Å². The van der Waals surface area contributed by atoms with E-state index < -0.39 is 0 Å². The average molecular weight is 379 g/mol. The summed E-state index contributed by atoms with van der Waals surface area (Å²) in [5.41, 5.74) is 7.82. The fraction of sp³-hybridized carbons (Fsp3) is 0.238. The van der Waals surface area contributed by atoms with Crippen LogP contribution in [0, 0.1) is 34.6 Å². The number of benzene rings is 1. The molecule has 3 heterocycles. The van der Waals surface area contributed by atoms with Crippen molar-refractivity contribution >= 4 is 22.2 Å². The molecule has 6 heteroatoms. The lowest BCUT2D eigenvalue weighted by molar-refractivity contribution is 0.394. The maximum Gasteiger partial charge on any atom is 0.187 e. The lowest BCUT2D eigenvalue weighted by Gasteiger charge is -2.06. The lowest BCUT2D eigenvalue weighted by Crippen LogP contribution is -1.99. The highest BCUT2D eigenvalue weighted by atomic mass is 32.1. The molecule has 0 aliphatic carbocycles. The Morgan fingerprint density at radius 3 is 2.37 bits per heavy atom. The molecule has 3 aromatic heterocycles. The van der Waals surface area contributed by atoms with Crippen LogP contribution in [0.1, 0.15) is 28.3 Å². The largest absolute Gasteiger partial charge is 0.360 e. The van der Waals surface area contributed by atoms with Gasteiger partial charge in [0.05, 0.1) is 5.69 Å². The Morgan fingerprint density at radius 1 is 0.963 bits per heavy atom. The van der Waals surface area contributed by atoms with Crippen molar-refractivity contribution in [3.63, 3.8) is 0 Å². The number of hydrogen-bond acceptors (Lipinski definition) is 5. The number of thiazole rings is 1. The van der Waals surface area contributed by atoms with Gasteiger partial charge in [0.25, 0.3) is 0 Å². The minimum Gasteiger partial charge on any atom is -0.360 e. The van der Waals surface area contributed by atoms with Gasteiger partial charge < -0.3 is 9.84 Å². The van der Waals surface area contributed by atoms with Gasteiger partial charge in [-0.3, -0.25) is 4.57 Å². The highest BCUT2D eigenvalue weighted by molar-refractivity contribution is 7.14. The molecule has 4 rings (SSSR count). The first-order chi connectivity index (χ1) is 12.9. The van der Waals surface area contributed by atoms with Gasteiger partial charge in [0.2, 0.25) is 0 Å². The smallest absolute Gasteiger partial charge is 0.187 e. The minimum absolute atomic E-state index is 0.799. The first-order valence-electron chi connectivity index (χ1n) is 8.84. The second-order valence-corrected chi connectivity index (χ2v) is 7.81. The van der Waals surface area contributed by atoms with Crippen LogP contribution < -0.4 is 5.32 Å². The van der Waals surface area contributed by atoms with Crippen molar-refractivity contribution in [2.75, 3.05) is 5.32 Å². The van der Waals surface area contributed by atoms with Gasteiger partial charge in [-0.15, -0.1) is 11.3 Å². The molecule has 27 heavy (non-hydrogen) atoms. The Balaban J connectivity index is 1.65. The first kappa shape index (κ1) is 17.5. The summed E-state index contributed by atoms with van der Waals surface area (Å²) in [6.45, 7) is 10.3. The normalized spacial score (nSPS) is 11.1. The van der Waals surface area contributed by atoms with Crippen molar-refractivity contribution in [1.29, 1.82) is 0 Å². The second-order valence-electron chi connectivity index (χ2n) is 6.96. The predicted octanol–water partition coefficient (Wildman–Crippen LogP) is 5.87. The monoisotopic (exact) mass is 378 g/mol. The fourth-order valence-corrected chi connectivity index (χ4v) is 4.19. The van der Waals surface area contributed by atoms with Crippen molar-refractivity contribution in [3.8, 4) is 17.1 Å².